The number of hydrogen-bond acceptors (Lipinski definition) is 7. The van der Waals surface area contributed by atoms with E-state index in [0.29, 0.717) is 49.9 Å². The topological polar surface area (TPSA) is 103 Å². The van der Waals surface area contributed by atoms with Crippen molar-refractivity contribution >= 4 is 12.0 Å². The predicted molar refractivity (Wildman–Crippen MR) is 151 cm³/mol. The first-order chi connectivity index (χ1) is 20.6. The van der Waals surface area contributed by atoms with Crippen LogP contribution in [0.15, 0.2) is 53.7 Å². The third-order valence-electron chi connectivity index (χ3n) is 8.81. The average Bonchev–Trinajstić information content (AvgIpc) is 3.46. The number of rotatable bonds is 7. The van der Waals surface area contributed by atoms with Crippen molar-refractivity contribution in [3.63, 3.8) is 0 Å². The Labute approximate surface area is 248 Å². The van der Waals surface area contributed by atoms with Gasteiger partial charge in [-0.1, -0.05) is 24.3 Å². The van der Waals surface area contributed by atoms with E-state index in [4.69, 9.17) is 9.47 Å². The van der Waals surface area contributed by atoms with Gasteiger partial charge in [0, 0.05) is 37.8 Å². The minimum atomic E-state index is -1.20. The van der Waals surface area contributed by atoms with Crippen molar-refractivity contribution < 1.29 is 37.3 Å². The van der Waals surface area contributed by atoms with Crippen molar-refractivity contribution in [1.82, 2.24) is 20.4 Å². The summed E-state index contributed by atoms with van der Waals surface area (Å²) in [5.41, 5.74) is -0.207. The molecule has 1 saturated carbocycles. The molecule has 12 heteroatoms. The van der Waals surface area contributed by atoms with Gasteiger partial charge in [0.25, 0.3) is 0 Å². The van der Waals surface area contributed by atoms with Crippen molar-refractivity contribution in [2.45, 2.75) is 55.8 Å². The van der Waals surface area contributed by atoms with E-state index >= 15 is 0 Å². The highest BCUT2D eigenvalue weighted by atomic mass is 19.2. The second kappa shape index (κ2) is 12.9. The fourth-order valence-electron chi connectivity index (χ4n) is 6.57. The number of aliphatic hydroxyl groups is 1. The van der Waals surface area contributed by atoms with Crippen LogP contribution in [0, 0.1) is 17.5 Å². The standard InChI is InChI=1S/C31H37F3N4O5/c1-42-17-26-27(29(39)43-2)28(19-7-8-24(33)25(34)15-19)38(18-35-26)30(40)36-20-11-14-37(16-20)21-9-12-31(41,13-10-21)22-5-3-4-6-23(22)32/h3-8,15,20-21,28,35,41H,9-14,16-18H2,1-2H3,(H,36,40)/t20-,21?,28?,31?/m1/s1. The molecule has 0 bridgehead atoms. The number of carbonyl (C=O) groups excluding carboxylic acids is 2. The van der Waals surface area contributed by atoms with Crippen LogP contribution in [0.3, 0.4) is 0 Å². The van der Waals surface area contributed by atoms with Gasteiger partial charge in [0.05, 0.1) is 43.3 Å². The maximum Gasteiger partial charge on any atom is 0.338 e. The fourth-order valence-corrected chi connectivity index (χ4v) is 6.57. The average molecular weight is 603 g/mol. The summed E-state index contributed by atoms with van der Waals surface area (Å²) in [5, 5.41) is 17.3. The van der Waals surface area contributed by atoms with E-state index in [0.717, 1.165) is 18.7 Å². The monoisotopic (exact) mass is 602 g/mol. The number of carbonyl (C=O) groups is 2. The number of nitrogens with one attached hydrogen (secondary N) is 2. The van der Waals surface area contributed by atoms with Crippen LogP contribution < -0.4 is 10.6 Å². The van der Waals surface area contributed by atoms with E-state index in [-0.39, 0.29) is 36.5 Å². The molecule has 2 aliphatic heterocycles. The third-order valence-corrected chi connectivity index (χ3v) is 8.81. The first-order valence-electron chi connectivity index (χ1n) is 14.4. The van der Waals surface area contributed by atoms with Gasteiger partial charge in [-0.2, -0.15) is 0 Å². The summed E-state index contributed by atoms with van der Waals surface area (Å²) in [4.78, 5) is 30.2. The molecule has 0 spiro atoms. The number of urea groups is 1. The predicted octanol–water partition coefficient (Wildman–Crippen LogP) is 3.70. The highest BCUT2D eigenvalue weighted by Crippen LogP contribution is 2.40. The molecule has 0 aromatic heterocycles. The van der Waals surface area contributed by atoms with E-state index < -0.39 is 41.1 Å². The maximum absolute atomic E-state index is 14.4. The molecule has 2 aromatic rings. The van der Waals surface area contributed by atoms with Crippen molar-refractivity contribution in [1.29, 1.82) is 0 Å². The first-order valence-corrected chi connectivity index (χ1v) is 14.4. The second-order valence-electron chi connectivity index (χ2n) is 11.4. The van der Waals surface area contributed by atoms with Gasteiger partial charge in [-0.25, -0.2) is 22.8 Å². The van der Waals surface area contributed by atoms with E-state index in [1.165, 1.54) is 31.3 Å². The Hall–Kier alpha value is -3.61. The number of nitrogens with zero attached hydrogens (tertiary/aromatic N) is 2. The molecule has 0 radical (unpaired) electrons. The van der Waals surface area contributed by atoms with Crippen molar-refractivity contribution in [3.05, 3.63) is 82.3 Å². The SMILES string of the molecule is COCC1=C(C(=O)OC)C(c2ccc(F)c(F)c2)N(C(=O)N[C@@H]2CCN(C3CCC(O)(c4ccccc4F)CC3)C2)CN1. The van der Waals surface area contributed by atoms with Gasteiger partial charge >= 0.3 is 12.0 Å². The van der Waals surface area contributed by atoms with Crippen LogP contribution in [0.1, 0.15) is 49.3 Å². The van der Waals surface area contributed by atoms with Gasteiger partial charge in [0.1, 0.15) is 5.82 Å². The van der Waals surface area contributed by atoms with Gasteiger partial charge < -0.3 is 25.2 Å². The Bertz CT molecular complexity index is 1380. The smallest absolute Gasteiger partial charge is 0.338 e. The second-order valence-corrected chi connectivity index (χ2v) is 11.4. The molecule has 5 rings (SSSR count). The molecule has 2 amide bonds. The van der Waals surface area contributed by atoms with Crippen LogP contribution in [0.5, 0.6) is 0 Å². The van der Waals surface area contributed by atoms with Gasteiger partial charge in [-0.15, -0.1) is 0 Å². The lowest BCUT2D eigenvalue weighted by Gasteiger charge is -2.40. The number of benzene rings is 2. The summed E-state index contributed by atoms with van der Waals surface area (Å²) in [6.07, 6.45) is 2.94. The number of hydrogen-bond donors (Lipinski definition) is 3. The van der Waals surface area contributed by atoms with E-state index in [1.54, 1.807) is 18.2 Å². The van der Waals surface area contributed by atoms with Gasteiger partial charge in [-0.3, -0.25) is 9.80 Å². The zero-order chi connectivity index (χ0) is 30.7. The van der Waals surface area contributed by atoms with Crippen molar-refractivity contribution in [2.24, 2.45) is 0 Å². The minimum absolute atomic E-state index is 0.0115. The number of amides is 2. The Morgan fingerprint density at radius 1 is 1.05 bits per heavy atom. The lowest BCUT2D eigenvalue weighted by atomic mass is 9.77. The van der Waals surface area contributed by atoms with Crippen LogP contribution in [0.2, 0.25) is 0 Å². The first kappa shape index (κ1) is 30.8. The van der Waals surface area contributed by atoms with Crippen LogP contribution in [0.4, 0.5) is 18.0 Å². The number of halogens is 3. The molecular weight excluding hydrogens is 565 g/mol. The van der Waals surface area contributed by atoms with Crippen LogP contribution in [-0.2, 0) is 19.9 Å². The molecule has 3 N–H and O–H groups in total. The van der Waals surface area contributed by atoms with Crippen LogP contribution in [0.25, 0.3) is 0 Å². The largest absolute Gasteiger partial charge is 0.466 e. The van der Waals surface area contributed by atoms with E-state index in [1.807, 2.05) is 0 Å². The molecule has 1 unspecified atom stereocenters. The third kappa shape index (κ3) is 6.36. The summed E-state index contributed by atoms with van der Waals surface area (Å²) < 4.78 is 52.7. The Balaban J connectivity index is 1.28. The molecule has 3 aliphatic rings. The van der Waals surface area contributed by atoms with Gasteiger partial charge in [-0.05, 0) is 55.9 Å². The molecule has 232 valence electrons. The molecule has 1 aliphatic carbocycles. The highest BCUT2D eigenvalue weighted by molar-refractivity contribution is 5.92. The van der Waals surface area contributed by atoms with Gasteiger partial charge in [0.15, 0.2) is 11.6 Å². The summed E-state index contributed by atoms with van der Waals surface area (Å²) in [6, 6.07) is 8.06. The number of ether oxygens (including phenoxy) is 2. The van der Waals surface area contributed by atoms with Crippen molar-refractivity contribution in [2.75, 3.05) is 40.6 Å². The molecule has 2 aromatic carbocycles. The summed E-state index contributed by atoms with van der Waals surface area (Å²) in [5.74, 6) is -3.28. The number of methoxy groups -OCH3 is 2. The zero-order valence-electron chi connectivity index (χ0n) is 24.2. The quantitative estimate of drug-likeness (QED) is 0.416. The molecule has 2 atom stereocenters. The molecule has 2 heterocycles. The summed E-state index contributed by atoms with van der Waals surface area (Å²) in [6.45, 7) is 1.33. The van der Waals surface area contributed by atoms with Crippen LogP contribution in [-0.4, -0.2) is 79.6 Å². The number of esters is 1. The zero-order valence-corrected chi connectivity index (χ0v) is 24.2. The van der Waals surface area contributed by atoms with E-state index in [9.17, 15) is 27.9 Å². The summed E-state index contributed by atoms with van der Waals surface area (Å²) >= 11 is 0. The Morgan fingerprint density at radius 2 is 1.79 bits per heavy atom. The molecule has 43 heavy (non-hydrogen) atoms. The molecular formula is C31H37F3N4O5. The van der Waals surface area contributed by atoms with E-state index in [2.05, 4.69) is 15.5 Å². The minimum Gasteiger partial charge on any atom is -0.466 e. The Kier molecular flexibility index (Phi) is 9.28. The van der Waals surface area contributed by atoms with Crippen molar-refractivity contribution in [3.8, 4) is 0 Å². The fraction of sp³-hybridized carbons (Fsp3) is 0.484. The molecule has 2 fully saturated rings. The molecule has 1 saturated heterocycles. The van der Waals surface area contributed by atoms with Crippen LogP contribution >= 0.6 is 0 Å². The highest BCUT2D eigenvalue weighted by Gasteiger charge is 2.42. The Morgan fingerprint density at radius 3 is 2.47 bits per heavy atom. The lowest BCUT2D eigenvalue weighted by molar-refractivity contribution is -0.137. The van der Waals surface area contributed by atoms with Gasteiger partial charge in [0.2, 0.25) is 0 Å². The normalized spacial score (nSPS) is 26.3. The lowest BCUT2D eigenvalue weighted by Crippen LogP contribution is -2.54. The number of likely N-dealkylation sites (tertiary alicyclic amines) is 1. The maximum atomic E-state index is 14.4. The summed E-state index contributed by atoms with van der Waals surface area (Å²) in [7, 11) is 2.66. The molecule has 9 nitrogen and oxygen atoms in total.